The minimum atomic E-state index is -0.894. The lowest BCUT2D eigenvalue weighted by atomic mass is 10.0. The summed E-state index contributed by atoms with van der Waals surface area (Å²) in [6.45, 7) is 4.27. The van der Waals surface area contributed by atoms with E-state index < -0.39 is 5.60 Å². The van der Waals surface area contributed by atoms with E-state index in [9.17, 15) is 4.79 Å². The van der Waals surface area contributed by atoms with Crippen molar-refractivity contribution in [2.75, 3.05) is 25.1 Å². The molecule has 1 aromatic rings. The molecule has 0 saturated carbocycles. The molecular formula is C14H19ClN2O3. The van der Waals surface area contributed by atoms with Gasteiger partial charge in [-0.15, -0.1) is 0 Å². The average molecular weight is 299 g/mol. The predicted octanol–water partition coefficient (Wildman–Crippen LogP) is 1.82. The molecule has 0 radical (unpaired) electrons. The van der Waals surface area contributed by atoms with Crippen LogP contribution in [0.15, 0.2) is 18.2 Å². The minimum absolute atomic E-state index is 0.108. The van der Waals surface area contributed by atoms with Gasteiger partial charge in [0.05, 0.1) is 24.8 Å². The Hall–Kier alpha value is -1.30. The number of ether oxygens (including phenoxy) is 2. The molecule has 1 fully saturated rings. The molecule has 1 aliphatic heterocycles. The van der Waals surface area contributed by atoms with Gasteiger partial charge in [-0.2, -0.15) is 0 Å². The normalized spacial score (nSPS) is 21.9. The predicted molar refractivity (Wildman–Crippen MR) is 78.4 cm³/mol. The first-order valence-corrected chi connectivity index (χ1v) is 6.80. The summed E-state index contributed by atoms with van der Waals surface area (Å²) in [4.78, 5) is 14.1. The molecule has 1 atom stereocenters. The Bertz CT molecular complexity index is 519. The number of hydrogen-bond donors (Lipinski definition) is 1. The van der Waals surface area contributed by atoms with Crippen molar-refractivity contribution in [3.8, 4) is 5.75 Å². The lowest BCUT2D eigenvalue weighted by molar-refractivity contribution is -0.153. The summed E-state index contributed by atoms with van der Waals surface area (Å²) in [5.74, 6) is 0.467. The molecule has 2 rings (SSSR count). The van der Waals surface area contributed by atoms with Crippen LogP contribution in [0.2, 0.25) is 5.02 Å². The zero-order chi connectivity index (χ0) is 14.9. The molecule has 2 N–H and O–H groups in total. The fourth-order valence-electron chi connectivity index (χ4n) is 2.28. The van der Waals surface area contributed by atoms with Crippen LogP contribution in [0.4, 0.5) is 5.69 Å². The van der Waals surface area contributed by atoms with Gasteiger partial charge in [-0.05, 0) is 32.0 Å². The van der Waals surface area contributed by atoms with E-state index >= 15 is 0 Å². The zero-order valence-corrected chi connectivity index (χ0v) is 12.6. The molecule has 1 saturated heterocycles. The van der Waals surface area contributed by atoms with Crippen LogP contribution in [-0.2, 0) is 9.53 Å². The first kappa shape index (κ1) is 15.1. The molecule has 20 heavy (non-hydrogen) atoms. The Kier molecular flexibility index (Phi) is 4.22. The number of hydrogen-bond acceptors (Lipinski definition) is 4. The Morgan fingerprint density at radius 3 is 2.80 bits per heavy atom. The lowest BCUT2D eigenvalue weighted by Gasteiger charge is -2.41. The second-order valence-corrected chi connectivity index (χ2v) is 5.63. The molecule has 0 spiro atoms. The maximum Gasteiger partial charge on any atom is 0.258 e. The zero-order valence-electron chi connectivity index (χ0n) is 11.9. The molecular weight excluding hydrogens is 280 g/mol. The lowest BCUT2D eigenvalue weighted by Crippen LogP contribution is -2.59. The largest absolute Gasteiger partial charge is 0.495 e. The third kappa shape index (κ3) is 2.75. The van der Waals surface area contributed by atoms with E-state index in [1.54, 1.807) is 44.1 Å². The van der Waals surface area contributed by atoms with Crippen LogP contribution in [0.5, 0.6) is 5.75 Å². The Labute approximate surface area is 123 Å². The van der Waals surface area contributed by atoms with Gasteiger partial charge in [-0.25, -0.2) is 0 Å². The number of benzene rings is 1. The van der Waals surface area contributed by atoms with E-state index in [0.29, 0.717) is 23.9 Å². The maximum atomic E-state index is 12.5. The SMILES string of the molecule is COc1ccc(N2CC(CN)OC(C)(C)C2=O)cc1Cl. The van der Waals surface area contributed by atoms with E-state index in [4.69, 9.17) is 26.8 Å². The average Bonchev–Trinajstić information content (AvgIpc) is 2.41. The van der Waals surface area contributed by atoms with Crippen molar-refractivity contribution < 1.29 is 14.3 Å². The van der Waals surface area contributed by atoms with E-state index in [0.717, 1.165) is 5.69 Å². The highest BCUT2D eigenvalue weighted by Crippen LogP contribution is 2.32. The van der Waals surface area contributed by atoms with Crippen LogP contribution in [-0.4, -0.2) is 37.8 Å². The molecule has 0 aromatic heterocycles. The topological polar surface area (TPSA) is 64.8 Å². The molecule has 6 heteroatoms. The molecule has 1 aliphatic rings. The number of carbonyl (C=O) groups is 1. The van der Waals surface area contributed by atoms with Crippen LogP contribution in [0.1, 0.15) is 13.8 Å². The van der Waals surface area contributed by atoms with Gasteiger partial charge in [0.15, 0.2) is 0 Å². The first-order chi connectivity index (χ1) is 9.39. The minimum Gasteiger partial charge on any atom is -0.495 e. The van der Waals surface area contributed by atoms with Gasteiger partial charge in [0.25, 0.3) is 5.91 Å². The van der Waals surface area contributed by atoms with Crippen LogP contribution in [0, 0.1) is 0 Å². The maximum absolute atomic E-state index is 12.5. The van der Waals surface area contributed by atoms with Gasteiger partial charge < -0.3 is 20.1 Å². The number of nitrogens with zero attached hydrogens (tertiary/aromatic N) is 1. The van der Waals surface area contributed by atoms with Crippen LogP contribution >= 0.6 is 11.6 Å². The van der Waals surface area contributed by atoms with Gasteiger partial charge in [0, 0.05) is 12.2 Å². The summed E-state index contributed by atoms with van der Waals surface area (Å²) in [6.07, 6.45) is -0.191. The molecule has 1 amide bonds. The van der Waals surface area contributed by atoms with E-state index in [1.165, 1.54) is 0 Å². The van der Waals surface area contributed by atoms with E-state index in [-0.39, 0.29) is 12.0 Å². The summed E-state index contributed by atoms with van der Waals surface area (Å²) in [6, 6.07) is 5.26. The number of carbonyl (C=O) groups excluding carboxylic acids is 1. The molecule has 0 bridgehead atoms. The van der Waals surface area contributed by atoms with Crippen molar-refractivity contribution in [2.45, 2.75) is 25.6 Å². The van der Waals surface area contributed by atoms with Gasteiger partial charge in [0.1, 0.15) is 11.4 Å². The van der Waals surface area contributed by atoms with Gasteiger partial charge in [-0.3, -0.25) is 4.79 Å². The fourth-order valence-corrected chi connectivity index (χ4v) is 2.54. The summed E-state index contributed by atoms with van der Waals surface area (Å²) >= 11 is 6.12. The number of nitrogens with two attached hydrogens (primary N) is 1. The number of halogens is 1. The number of morpholine rings is 1. The fraction of sp³-hybridized carbons (Fsp3) is 0.500. The summed E-state index contributed by atoms with van der Waals surface area (Å²) in [5.41, 5.74) is 5.50. The van der Waals surface area contributed by atoms with Gasteiger partial charge in [0.2, 0.25) is 0 Å². The summed E-state index contributed by atoms with van der Waals surface area (Å²) in [7, 11) is 1.55. The van der Waals surface area contributed by atoms with Crippen molar-refractivity contribution in [2.24, 2.45) is 5.73 Å². The smallest absolute Gasteiger partial charge is 0.258 e. The molecule has 110 valence electrons. The second-order valence-electron chi connectivity index (χ2n) is 5.22. The van der Waals surface area contributed by atoms with E-state index in [2.05, 4.69) is 0 Å². The molecule has 1 unspecified atom stereocenters. The van der Waals surface area contributed by atoms with Gasteiger partial charge in [-0.1, -0.05) is 11.6 Å². The number of rotatable bonds is 3. The second kappa shape index (κ2) is 5.60. The Morgan fingerprint density at radius 2 is 2.25 bits per heavy atom. The van der Waals surface area contributed by atoms with E-state index in [1.807, 2.05) is 0 Å². The quantitative estimate of drug-likeness (QED) is 0.924. The van der Waals surface area contributed by atoms with Crippen LogP contribution < -0.4 is 15.4 Å². The molecule has 0 aliphatic carbocycles. The molecule has 1 heterocycles. The van der Waals surface area contributed by atoms with Crippen LogP contribution in [0.25, 0.3) is 0 Å². The monoisotopic (exact) mass is 298 g/mol. The number of anilines is 1. The van der Waals surface area contributed by atoms with Crippen LogP contribution in [0.3, 0.4) is 0 Å². The third-order valence-electron chi connectivity index (χ3n) is 3.32. The molecule has 1 aromatic carbocycles. The highest BCUT2D eigenvalue weighted by atomic mass is 35.5. The van der Waals surface area contributed by atoms with Crippen molar-refractivity contribution >= 4 is 23.2 Å². The highest BCUT2D eigenvalue weighted by molar-refractivity contribution is 6.32. The standard InChI is InChI=1S/C14H19ClN2O3/c1-14(2)13(18)17(8-10(7-16)20-14)9-4-5-12(19-3)11(15)6-9/h4-6,10H,7-8,16H2,1-3H3. The van der Waals surface area contributed by atoms with Crippen molar-refractivity contribution in [3.63, 3.8) is 0 Å². The highest BCUT2D eigenvalue weighted by Gasteiger charge is 2.41. The number of methoxy groups -OCH3 is 1. The first-order valence-electron chi connectivity index (χ1n) is 6.42. The third-order valence-corrected chi connectivity index (χ3v) is 3.61. The van der Waals surface area contributed by atoms with Crippen molar-refractivity contribution in [1.29, 1.82) is 0 Å². The van der Waals surface area contributed by atoms with Crippen molar-refractivity contribution in [3.05, 3.63) is 23.2 Å². The summed E-state index contributed by atoms with van der Waals surface area (Å²) < 4.78 is 10.8. The Balaban J connectivity index is 2.34. The van der Waals surface area contributed by atoms with Gasteiger partial charge >= 0.3 is 0 Å². The molecule has 5 nitrogen and oxygen atoms in total. The Morgan fingerprint density at radius 1 is 1.55 bits per heavy atom. The number of amides is 1. The summed E-state index contributed by atoms with van der Waals surface area (Å²) in [5, 5.41) is 0.464. The van der Waals surface area contributed by atoms with Crippen molar-refractivity contribution in [1.82, 2.24) is 0 Å².